The molecule has 0 aromatic heterocycles. The van der Waals surface area contributed by atoms with Crippen molar-refractivity contribution in [3.8, 4) is 11.5 Å². The van der Waals surface area contributed by atoms with Crippen molar-refractivity contribution in [3.05, 3.63) is 328 Å². The maximum absolute atomic E-state index is 14.0. The number of hydrogen-bond acceptors (Lipinski definition) is 4. The summed E-state index contributed by atoms with van der Waals surface area (Å²) in [7, 11) is -3.42. The summed E-state index contributed by atoms with van der Waals surface area (Å²) in [6, 6.07) is 59.0. The van der Waals surface area contributed by atoms with Gasteiger partial charge in [0.2, 0.25) is 15.3 Å². The minimum absolute atomic E-state index is 0. The first-order chi connectivity index (χ1) is 44.3. The van der Waals surface area contributed by atoms with Crippen LogP contribution in [-0.4, -0.2) is 26.6 Å². The van der Waals surface area contributed by atoms with Crippen LogP contribution in [0.1, 0.15) is 138 Å². The molecule has 0 unspecified atom stereocenters. The van der Waals surface area contributed by atoms with E-state index in [0.29, 0.717) is 32.0 Å². The SMILES string of the molecule is Cc1c[c-]ccc1C.Cc1c[c-]ccc1C.Cc1ccc(C(=O)c2ccc(C)c(C)c2)cc1C.Cc1ccc(C(c2ccc(C)c(C)c2)(C(F)(F)F)C(F)(F)F)cc1C.Cc1ccc(Oc2ccc(C)c(C)c2)cc1C.Cc1ccc(S(=O)(=O)c2ccc(C)c(C)c2)cc1C.[Y]. The van der Waals surface area contributed by atoms with Gasteiger partial charge in [0.1, 0.15) is 11.5 Å². The van der Waals surface area contributed by atoms with Crippen molar-refractivity contribution in [2.24, 2.45) is 0 Å². The Morgan fingerprint density at radius 2 is 0.573 bits per heavy atom. The normalized spacial score (nSPS) is 11.1. The average molecular weight is 1400 g/mol. The number of sulfone groups is 1. The van der Waals surface area contributed by atoms with Crippen LogP contribution in [0.25, 0.3) is 0 Å². The summed E-state index contributed by atoms with van der Waals surface area (Å²) in [4.78, 5) is 13.1. The van der Waals surface area contributed by atoms with Crippen LogP contribution in [0.5, 0.6) is 11.5 Å². The molecule has 0 spiro atoms. The fraction of sp³-hybridized carbons (Fsp3) is 0.274. The molecule has 10 aromatic carbocycles. The van der Waals surface area contributed by atoms with E-state index in [9.17, 15) is 39.6 Å². The number of halogens is 6. The van der Waals surface area contributed by atoms with E-state index in [1.54, 1.807) is 38.1 Å². The number of carbonyl (C=O) groups excluding carboxylic acids is 1. The van der Waals surface area contributed by atoms with Gasteiger partial charge in [0, 0.05) is 43.8 Å². The number of rotatable bonds is 8. The van der Waals surface area contributed by atoms with Crippen LogP contribution in [0.2, 0.25) is 0 Å². The molecule has 10 rings (SSSR count). The summed E-state index contributed by atoms with van der Waals surface area (Å²) in [5, 5.41) is 0. The van der Waals surface area contributed by atoms with Crippen molar-refractivity contribution in [2.75, 3.05) is 0 Å². The molecule has 0 aliphatic heterocycles. The number of aryl methyl sites for hydroxylation is 20. The third-order valence-corrected chi connectivity index (χ3v) is 19.5. The average Bonchev–Trinajstić information content (AvgIpc) is 0.715. The van der Waals surface area contributed by atoms with E-state index >= 15 is 0 Å². The summed E-state index contributed by atoms with van der Waals surface area (Å²) in [5.74, 6) is 1.90. The number of hydrogen-bond donors (Lipinski definition) is 0. The summed E-state index contributed by atoms with van der Waals surface area (Å²) in [5.41, 5.74) is 17.1. The Balaban J connectivity index is 0.000000253. The molecular weight excluding hydrogens is 1310 g/mol. The number of carbonyl (C=O) groups is 1. The second-order valence-corrected chi connectivity index (χ2v) is 26.8. The Morgan fingerprint density at radius 3 is 0.823 bits per heavy atom. The number of benzene rings is 10. The van der Waals surface area contributed by atoms with Crippen molar-refractivity contribution < 1.29 is 77.0 Å². The minimum Gasteiger partial charge on any atom is -0.457 e. The van der Waals surface area contributed by atoms with Gasteiger partial charge in [-0.25, -0.2) is 8.42 Å². The van der Waals surface area contributed by atoms with Crippen LogP contribution < -0.4 is 4.74 Å². The molecule has 0 atom stereocenters. The molecular formula is C84H90F6O4SY-2. The standard InChI is InChI=1S/C19H18F6.C17H18O.C16H18O2S.C16H18O.2C8H9.Y/c1-11-5-7-15(9-13(11)3)17(18(20,21)22,19(23,24)25)16-8-6-12(2)14(4)10-16;1-11-5-7-15(9-13(11)3)17(18)16-8-6-12(2)14(4)10-16;1-11-5-7-15(9-13(11)3)19(17,18)16-8-6-12(2)14(4)10-16;1-11-5-7-15(9-13(11)3)17-16-8-6-12(2)14(4)10-16;2*1-7-5-3-4-6-8(7)2;/h5-10H,1-4H3;5-10H,1-4H3;5-10H,1-4H3;5-10H,1-4H3;2*3,5-6H,1-2H3;/q;;;;2*-1;. The largest absolute Gasteiger partial charge is 0.457 e. The van der Waals surface area contributed by atoms with Crippen molar-refractivity contribution in [3.63, 3.8) is 0 Å². The van der Waals surface area contributed by atoms with Gasteiger partial charge in [0.25, 0.3) is 0 Å². The van der Waals surface area contributed by atoms with Gasteiger partial charge in [-0.3, -0.25) is 4.79 Å². The first kappa shape index (κ1) is 80.7. The fourth-order valence-electron chi connectivity index (χ4n) is 9.64. The van der Waals surface area contributed by atoms with Crippen LogP contribution in [0.15, 0.2) is 192 Å². The maximum atomic E-state index is 14.0. The van der Waals surface area contributed by atoms with Crippen LogP contribution in [0, 0.1) is 151 Å². The zero-order chi connectivity index (χ0) is 71.1. The number of ketones is 1. The van der Waals surface area contributed by atoms with E-state index in [-0.39, 0.29) is 38.5 Å². The van der Waals surface area contributed by atoms with Crippen LogP contribution in [0.3, 0.4) is 0 Å². The summed E-state index contributed by atoms with van der Waals surface area (Å²) in [6.07, 6.45) is -11.1. The van der Waals surface area contributed by atoms with Gasteiger partial charge < -0.3 is 4.74 Å². The molecule has 503 valence electrons. The molecule has 0 saturated carbocycles. The third kappa shape index (κ3) is 21.2. The van der Waals surface area contributed by atoms with E-state index in [2.05, 4.69) is 118 Å². The quantitative estimate of drug-likeness (QED) is 0.0864. The fourth-order valence-corrected chi connectivity index (χ4v) is 11.1. The molecule has 4 nitrogen and oxygen atoms in total. The van der Waals surface area contributed by atoms with Crippen molar-refractivity contribution in [2.45, 2.75) is 166 Å². The van der Waals surface area contributed by atoms with E-state index in [0.717, 1.165) is 80.3 Å². The van der Waals surface area contributed by atoms with E-state index < -0.39 is 38.7 Å². The van der Waals surface area contributed by atoms with Gasteiger partial charge in [-0.05, 0) is 272 Å². The second kappa shape index (κ2) is 35.0. The summed E-state index contributed by atoms with van der Waals surface area (Å²) in [6.45, 7) is 39.0. The molecule has 0 N–H and O–H groups in total. The maximum Gasteiger partial charge on any atom is 0.411 e. The first-order valence-electron chi connectivity index (χ1n) is 31.4. The van der Waals surface area contributed by atoms with Gasteiger partial charge in [-0.15, -0.1) is 0 Å². The van der Waals surface area contributed by atoms with Crippen molar-refractivity contribution in [1.29, 1.82) is 0 Å². The summed E-state index contributed by atoms with van der Waals surface area (Å²) < 4.78 is 115. The van der Waals surface area contributed by atoms with Gasteiger partial charge in [-0.2, -0.15) is 97.1 Å². The van der Waals surface area contributed by atoms with Crippen molar-refractivity contribution >= 4 is 15.6 Å². The molecule has 0 aliphatic carbocycles. The van der Waals surface area contributed by atoms with Gasteiger partial charge in [0.15, 0.2) is 5.78 Å². The molecule has 0 heterocycles. The third-order valence-electron chi connectivity index (χ3n) is 17.7. The Labute approximate surface area is 593 Å². The predicted octanol–water partition coefficient (Wildman–Crippen LogP) is 23.2. The Kier molecular flexibility index (Phi) is 29.4. The van der Waals surface area contributed by atoms with Crippen LogP contribution in [0.4, 0.5) is 26.3 Å². The first-order valence-corrected chi connectivity index (χ1v) is 32.9. The van der Waals surface area contributed by atoms with Gasteiger partial charge >= 0.3 is 12.4 Å². The molecule has 0 bridgehead atoms. The van der Waals surface area contributed by atoms with E-state index in [1.807, 2.05) is 126 Å². The van der Waals surface area contributed by atoms with E-state index in [4.69, 9.17) is 4.74 Å². The molecule has 0 amide bonds. The molecule has 0 aliphatic rings. The van der Waals surface area contributed by atoms with Crippen LogP contribution >= 0.6 is 0 Å². The molecule has 12 heteroatoms. The summed E-state index contributed by atoms with van der Waals surface area (Å²) >= 11 is 0. The molecule has 0 saturated heterocycles. The zero-order valence-corrected chi connectivity index (χ0v) is 62.9. The molecule has 1 radical (unpaired) electrons. The Bertz CT molecular complexity index is 4110. The monoisotopic (exact) mass is 1400 g/mol. The second-order valence-electron chi connectivity index (χ2n) is 24.9. The van der Waals surface area contributed by atoms with Crippen molar-refractivity contribution in [1.82, 2.24) is 0 Å². The molecule has 0 fully saturated rings. The molecule has 10 aromatic rings. The number of ether oxygens (including phenoxy) is 1. The Hall–Kier alpha value is -7.70. The smallest absolute Gasteiger partial charge is 0.411 e. The predicted molar refractivity (Wildman–Crippen MR) is 379 cm³/mol. The molecule has 96 heavy (non-hydrogen) atoms. The van der Waals surface area contributed by atoms with E-state index in [1.165, 1.54) is 81.6 Å². The minimum atomic E-state index is -5.55. The van der Waals surface area contributed by atoms with Crippen LogP contribution in [-0.2, 0) is 48.0 Å². The van der Waals surface area contributed by atoms with Gasteiger partial charge in [0.05, 0.1) is 9.79 Å². The Morgan fingerprint density at radius 1 is 0.312 bits per heavy atom. The number of alkyl halides is 6. The topological polar surface area (TPSA) is 60.4 Å². The van der Waals surface area contributed by atoms with Gasteiger partial charge in [-0.1, -0.05) is 113 Å². The zero-order valence-electron chi connectivity index (χ0n) is 59.2.